The lowest BCUT2D eigenvalue weighted by atomic mass is 9.96. The fourth-order valence-corrected chi connectivity index (χ4v) is 0.912. The van der Waals surface area contributed by atoms with Gasteiger partial charge in [0.15, 0.2) is 5.82 Å². The molecule has 0 saturated carbocycles. The summed E-state index contributed by atoms with van der Waals surface area (Å²) in [5.74, 6) is 1.69. The van der Waals surface area contributed by atoms with E-state index in [2.05, 4.69) is 30.9 Å². The van der Waals surface area contributed by atoms with Gasteiger partial charge in [-0.1, -0.05) is 20.8 Å². The standard InChI is InChI=1S/C8H16N4/c1-8(2,3)7-10-6(5-9)12(4)11-7/h5,9H2,1-4H3. The van der Waals surface area contributed by atoms with E-state index in [1.165, 1.54) is 0 Å². The third-order valence-electron chi connectivity index (χ3n) is 1.71. The molecule has 68 valence electrons. The smallest absolute Gasteiger partial charge is 0.156 e. The van der Waals surface area contributed by atoms with Gasteiger partial charge in [-0.15, -0.1) is 0 Å². The first-order chi connectivity index (χ1) is 5.45. The van der Waals surface area contributed by atoms with Crippen LogP contribution in [0, 0.1) is 0 Å². The third kappa shape index (κ3) is 1.64. The minimum absolute atomic E-state index is 0.00514. The van der Waals surface area contributed by atoms with Crippen LogP contribution in [-0.2, 0) is 19.0 Å². The first-order valence-corrected chi connectivity index (χ1v) is 4.05. The molecule has 0 radical (unpaired) electrons. The van der Waals surface area contributed by atoms with Crippen molar-refractivity contribution in [1.29, 1.82) is 0 Å². The van der Waals surface area contributed by atoms with Crippen molar-refractivity contribution in [3.05, 3.63) is 11.6 Å². The van der Waals surface area contributed by atoms with Crippen molar-refractivity contribution < 1.29 is 0 Å². The predicted molar refractivity (Wildman–Crippen MR) is 47.6 cm³/mol. The fourth-order valence-electron chi connectivity index (χ4n) is 0.912. The molecule has 0 bridgehead atoms. The van der Waals surface area contributed by atoms with E-state index < -0.39 is 0 Å². The van der Waals surface area contributed by atoms with Crippen molar-refractivity contribution in [3.63, 3.8) is 0 Å². The second-order valence-corrected chi connectivity index (χ2v) is 3.93. The predicted octanol–water partition coefficient (Wildman–Crippen LogP) is 0.571. The molecule has 0 atom stereocenters. The van der Waals surface area contributed by atoms with Crippen molar-refractivity contribution in [2.45, 2.75) is 32.7 Å². The molecule has 0 spiro atoms. The number of nitrogens with zero attached hydrogens (tertiary/aromatic N) is 3. The molecule has 4 heteroatoms. The van der Waals surface area contributed by atoms with Gasteiger partial charge in [0.1, 0.15) is 5.82 Å². The normalized spacial score (nSPS) is 12.1. The maximum Gasteiger partial charge on any atom is 0.156 e. The van der Waals surface area contributed by atoms with E-state index in [1.54, 1.807) is 4.68 Å². The summed E-state index contributed by atoms with van der Waals surface area (Å²) in [4.78, 5) is 4.33. The Kier molecular flexibility index (Phi) is 2.19. The van der Waals surface area contributed by atoms with E-state index in [0.717, 1.165) is 11.6 Å². The van der Waals surface area contributed by atoms with E-state index in [0.29, 0.717) is 6.54 Å². The highest BCUT2D eigenvalue weighted by molar-refractivity contribution is 5.02. The third-order valence-corrected chi connectivity index (χ3v) is 1.71. The van der Waals surface area contributed by atoms with Crippen LogP contribution in [0.4, 0.5) is 0 Å². The molecule has 0 unspecified atom stereocenters. The second kappa shape index (κ2) is 2.86. The van der Waals surface area contributed by atoms with Crippen LogP contribution in [0.25, 0.3) is 0 Å². The Bertz CT molecular complexity index is 269. The molecular weight excluding hydrogens is 152 g/mol. The minimum atomic E-state index is 0.00514. The molecule has 1 aromatic heterocycles. The van der Waals surface area contributed by atoms with Crippen LogP contribution in [0.3, 0.4) is 0 Å². The van der Waals surface area contributed by atoms with Gasteiger partial charge < -0.3 is 5.73 Å². The van der Waals surface area contributed by atoms with Crippen LogP contribution >= 0.6 is 0 Å². The van der Waals surface area contributed by atoms with Crippen molar-refractivity contribution in [1.82, 2.24) is 14.8 Å². The second-order valence-electron chi connectivity index (χ2n) is 3.93. The maximum atomic E-state index is 5.48. The zero-order chi connectivity index (χ0) is 9.35. The van der Waals surface area contributed by atoms with Gasteiger partial charge in [-0.2, -0.15) is 5.10 Å². The van der Waals surface area contributed by atoms with Gasteiger partial charge in [0.2, 0.25) is 0 Å². The first kappa shape index (κ1) is 9.19. The number of aryl methyl sites for hydroxylation is 1. The molecule has 0 saturated heterocycles. The number of aromatic nitrogens is 3. The number of rotatable bonds is 1. The van der Waals surface area contributed by atoms with Gasteiger partial charge in [0.25, 0.3) is 0 Å². The van der Waals surface area contributed by atoms with Crippen LogP contribution in [0.1, 0.15) is 32.4 Å². The summed E-state index contributed by atoms with van der Waals surface area (Å²) in [6.45, 7) is 6.70. The summed E-state index contributed by atoms with van der Waals surface area (Å²) >= 11 is 0. The Labute approximate surface area is 72.8 Å². The molecule has 4 nitrogen and oxygen atoms in total. The summed E-state index contributed by atoms with van der Waals surface area (Å²) in [6.07, 6.45) is 0. The Hall–Kier alpha value is -0.900. The van der Waals surface area contributed by atoms with Crippen molar-refractivity contribution >= 4 is 0 Å². The number of hydrogen-bond donors (Lipinski definition) is 1. The van der Waals surface area contributed by atoms with Gasteiger partial charge >= 0.3 is 0 Å². The molecule has 12 heavy (non-hydrogen) atoms. The number of nitrogens with two attached hydrogens (primary N) is 1. The molecule has 0 aliphatic rings. The largest absolute Gasteiger partial charge is 0.324 e. The van der Waals surface area contributed by atoms with Crippen LogP contribution in [0.15, 0.2) is 0 Å². The molecule has 1 aromatic rings. The molecule has 0 aliphatic carbocycles. The molecule has 1 rings (SSSR count). The van der Waals surface area contributed by atoms with Gasteiger partial charge in [0.05, 0.1) is 6.54 Å². The number of hydrogen-bond acceptors (Lipinski definition) is 3. The van der Waals surface area contributed by atoms with Crippen molar-refractivity contribution in [2.24, 2.45) is 12.8 Å². The average molecular weight is 168 g/mol. The van der Waals surface area contributed by atoms with Crippen molar-refractivity contribution in [2.75, 3.05) is 0 Å². The van der Waals surface area contributed by atoms with Crippen molar-refractivity contribution in [3.8, 4) is 0 Å². The lowest BCUT2D eigenvalue weighted by molar-refractivity contribution is 0.538. The Morgan fingerprint density at radius 1 is 1.42 bits per heavy atom. The fraction of sp³-hybridized carbons (Fsp3) is 0.750. The van der Waals surface area contributed by atoms with Gasteiger partial charge in [0, 0.05) is 12.5 Å². The van der Waals surface area contributed by atoms with E-state index in [-0.39, 0.29) is 5.41 Å². The van der Waals surface area contributed by atoms with Crippen LogP contribution in [0.2, 0.25) is 0 Å². The Morgan fingerprint density at radius 2 is 2.00 bits per heavy atom. The summed E-state index contributed by atoms with van der Waals surface area (Å²) < 4.78 is 1.74. The highest BCUT2D eigenvalue weighted by Crippen LogP contribution is 2.17. The van der Waals surface area contributed by atoms with E-state index in [9.17, 15) is 0 Å². The lowest BCUT2D eigenvalue weighted by Crippen LogP contribution is -2.13. The topological polar surface area (TPSA) is 56.7 Å². The summed E-state index contributed by atoms with van der Waals surface area (Å²) in [7, 11) is 1.87. The molecular formula is C8H16N4. The lowest BCUT2D eigenvalue weighted by Gasteiger charge is -2.11. The summed E-state index contributed by atoms with van der Waals surface area (Å²) in [5.41, 5.74) is 5.49. The van der Waals surface area contributed by atoms with Crippen LogP contribution in [0.5, 0.6) is 0 Å². The van der Waals surface area contributed by atoms with E-state index >= 15 is 0 Å². The Balaban J connectivity index is 3.05. The first-order valence-electron chi connectivity index (χ1n) is 4.05. The molecule has 2 N–H and O–H groups in total. The maximum absolute atomic E-state index is 5.48. The van der Waals surface area contributed by atoms with Gasteiger partial charge in [-0.05, 0) is 0 Å². The van der Waals surface area contributed by atoms with E-state index in [1.807, 2.05) is 7.05 Å². The molecule has 0 fully saturated rings. The molecule has 0 amide bonds. The van der Waals surface area contributed by atoms with Crippen LogP contribution < -0.4 is 5.73 Å². The monoisotopic (exact) mass is 168 g/mol. The highest BCUT2D eigenvalue weighted by Gasteiger charge is 2.19. The zero-order valence-corrected chi connectivity index (χ0v) is 8.13. The summed E-state index contributed by atoms with van der Waals surface area (Å²) in [6, 6.07) is 0. The zero-order valence-electron chi connectivity index (χ0n) is 8.13. The minimum Gasteiger partial charge on any atom is -0.324 e. The van der Waals surface area contributed by atoms with Gasteiger partial charge in [-0.25, -0.2) is 4.98 Å². The van der Waals surface area contributed by atoms with Crippen LogP contribution in [-0.4, -0.2) is 14.8 Å². The average Bonchev–Trinajstić information content (AvgIpc) is 2.29. The molecule has 1 heterocycles. The molecule has 0 aromatic carbocycles. The van der Waals surface area contributed by atoms with E-state index in [4.69, 9.17) is 5.73 Å². The van der Waals surface area contributed by atoms with Gasteiger partial charge in [-0.3, -0.25) is 4.68 Å². The SMILES string of the molecule is Cn1nc(C(C)(C)C)nc1CN. The Morgan fingerprint density at radius 3 is 2.25 bits per heavy atom. The highest BCUT2D eigenvalue weighted by atomic mass is 15.3. The molecule has 0 aliphatic heterocycles. The summed E-state index contributed by atoms with van der Waals surface area (Å²) in [5, 5.41) is 4.28. The quantitative estimate of drug-likeness (QED) is 0.667.